The number of nitrogens with zero attached hydrogens (tertiary/aromatic N) is 3. The molecule has 9 nitrogen and oxygen atoms in total. The fourth-order valence-electron chi connectivity index (χ4n) is 2.52. The predicted octanol–water partition coefficient (Wildman–Crippen LogP) is 2.28. The summed E-state index contributed by atoms with van der Waals surface area (Å²) in [5.74, 6) is -0.672. The normalized spacial score (nSPS) is 10.6. The molecule has 0 radical (unpaired) electrons. The van der Waals surface area contributed by atoms with Crippen LogP contribution in [0.15, 0.2) is 47.4 Å². The highest BCUT2D eigenvalue weighted by molar-refractivity contribution is 5.93. The van der Waals surface area contributed by atoms with Crippen LogP contribution < -0.4 is 10.3 Å². The highest BCUT2D eigenvalue weighted by Gasteiger charge is 2.19. The number of nitro groups is 1. The van der Waals surface area contributed by atoms with Crippen LogP contribution in [0, 0.1) is 17.0 Å². The fraction of sp³-hybridized carbons (Fsp3) is 0.167. The van der Waals surface area contributed by atoms with Crippen molar-refractivity contribution in [2.24, 2.45) is 0 Å². The van der Waals surface area contributed by atoms with Crippen molar-refractivity contribution in [2.45, 2.75) is 13.5 Å². The Labute approximate surface area is 152 Å². The molecule has 3 rings (SSSR count). The summed E-state index contributed by atoms with van der Waals surface area (Å²) in [6.07, 6.45) is 1.66. The molecule has 0 aliphatic heterocycles. The molecule has 0 N–H and O–H groups in total. The number of carbonyl (C=O) groups excluding carboxylic acids is 1. The first-order chi connectivity index (χ1) is 12.9. The second-order valence-electron chi connectivity index (χ2n) is 5.74. The van der Waals surface area contributed by atoms with Crippen LogP contribution in [0.4, 0.5) is 5.69 Å². The van der Waals surface area contributed by atoms with Crippen LogP contribution in [0.2, 0.25) is 0 Å². The summed E-state index contributed by atoms with van der Waals surface area (Å²) in [6.45, 7) is 1.60. The van der Waals surface area contributed by atoms with Gasteiger partial charge in [-0.1, -0.05) is 6.07 Å². The molecule has 3 aromatic rings. The third kappa shape index (κ3) is 3.76. The molecule has 27 heavy (non-hydrogen) atoms. The molecule has 0 amide bonds. The van der Waals surface area contributed by atoms with Gasteiger partial charge < -0.3 is 9.47 Å². The number of rotatable bonds is 5. The van der Waals surface area contributed by atoms with Gasteiger partial charge in [0.2, 0.25) is 0 Å². The standard InChI is InChI=1S/C18H15N3O6/c1-11-3-6-16-19-12(7-17(22)20(16)9-11)10-27-18(23)14-8-13(21(24)25)4-5-15(14)26-2/h3-9H,10H2,1-2H3. The molecule has 0 bridgehead atoms. The summed E-state index contributed by atoms with van der Waals surface area (Å²) >= 11 is 0. The van der Waals surface area contributed by atoms with Gasteiger partial charge in [0.25, 0.3) is 11.2 Å². The van der Waals surface area contributed by atoms with Crippen LogP contribution in [-0.2, 0) is 11.3 Å². The highest BCUT2D eigenvalue weighted by atomic mass is 16.6. The summed E-state index contributed by atoms with van der Waals surface area (Å²) in [4.78, 5) is 39.1. The van der Waals surface area contributed by atoms with Crippen molar-refractivity contribution in [3.63, 3.8) is 0 Å². The quantitative estimate of drug-likeness (QED) is 0.385. The number of nitro benzene ring substituents is 1. The van der Waals surface area contributed by atoms with Crippen LogP contribution in [0.1, 0.15) is 21.6 Å². The topological polar surface area (TPSA) is 113 Å². The van der Waals surface area contributed by atoms with E-state index in [1.165, 1.54) is 29.7 Å². The molecular formula is C18H15N3O6. The number of non-ortho nitro benzene ring substituents is 1. The van der Waals surface area contributed by atoms with Crippen molar-refractivity contribution >= 4 is 17.3 Å². The lowest BCUT2D eigenvalue weighted by Crippen LogP contribution is -2.17. The number of ether oxygens (including phenoxy) is 2. The SMILES string of the molecule is COc1ccc([N+](=O)[O-])cc1C(=O)OCc1cc(=O)n2cc(C)ccc2n1. The smallest absolute Gasteiger partial charge is 0.342 e. The van der Waals surface area contributed by atoms with E-state index in [1.807, 2.05) is 13.0 Å². The minimum atomic E-state index is -0.818. The van der Waals surface area contributed by atoms with Gasteiger partial charge in [-0.05, 0) is 24.6 Å². The Morgan fingerprint density at radius 2 is 2.04 bits per heavy atom. The van der Waals surface area contributed by atoms with Gasteiger partial charge in [-0.25, -0.2) is 9.78 Å². The first-order valence-electron chi connectivity index (χ1n) is 7.87. The molecule has 0 saturated heterocycles. The molecule has 0 spiro atoms. The number of aryl methyl sites for hydroxylation is 1. The number of hydrogen-bond donors (Lipinski definition) is 0. The summed E-state index contributed by atoms with van der Waals surface area (Å²) < 4.78 is 11.6. The second kappa shape index (κ2) is 7.24. The Kier molecular flexibility index (Phi) is 4.84. The molecular weight excluding hydrogens is 354 g/mol. The Morgan fingerprint density at radius 1 is 1.26 bits per heavy atom. The maximum Gasteiger partial charge on any atom is 0.342 e. The maximum atomic E-state index is 12.3. The van der Waals surface area contributed by atoms with Crippen LogP contribution in [0.3, 0.4) is 0 Å². The minimum absolute atomic E-state index is 0.0835. The molecule has 9 heteroatoms. The Morgan fingerprint density at radius 3 is 2.74 bits per heavy atom. The molecule has 2 aromatic heterocycles. The molecule has 138 valence electrons. The van der Waals surface area contributed by atoms with Crippen LogP contribution in [-0.4, -0.2) is 27.4 Å². The maximum absolute atomic E-state index is 12.3. The number of benzene rings is 1. The van der Waals surface area contributed by atoms with Gasteiger partial charge in [-0.15, -0.1) is 0 Å². The van der Waals surface area contributed by atoms with E-state index in [2.05, 4.69) is 4.98 Å². The number of pyridine rings is 1. The minimum Gasteiger partial charge on any atom is -0.496 e. The summed E-state index contributed by atoms with van der Waals surface area (Å²) in [7, 11) is 1.34. The van der Waals surface area contributed by atoms with Gasteiger partial charge in [-0.2, -0.15) is 0 Å². The number of aromatic nitrogens is 2. The van der Waals surface area contributed by atoms with Gasteiger partial charge in [0.15, 0.2) is 0 Å². The van der Waals surface area contributed by atoms with Gasteiger partial charge in [0, 0.05) is 24.4 Å². The van der Waals surface area contributed by atoms with E-state index in [-0.39, 0.29) is 34.9 Å². The van der Waals surface area contributed by atoms with Crippen molar-refractivity contribution in [3.05, 3.63) is 79.9 Å². The van der Waals surface area contributed by atoms with E-state index < -0.39 is 10.9 Å². The zero-order valence-electron chi connectivity index (χ0n) is 14.5. The van der Waals surface area contributed by atoms with Crippen molar-refractivity contribution in [2.75, 3.05) is 7.11 Å². The highest BCUT2D eigenvalue weighted by Crippen LogP contribution is 2.25. The summed E-state index contributed by atoms with van der Waals surface area (Å²) in [5.41, 5.74) is 0.944. The van der Waals surface area contributed by atoms with Gasteiger partial charge >= 0.3 is 5.97 Å². The van der Waals surface area contributed by atoms with E-state index in [0.717, 1.165) is 11.6 Å². The third-order valence-electron chi connectivity index (χ3n) is 3.83. The Hall–Kier alpha value is -3.75. The van der Waals surface area contributed by atoms with Gasteiger partial charge in [0.1, 0.15) is 23.6 Å². The molecule has 0 unspecified atom stereocenters. The van der Waals surface area contributed by atoms with E-state index in [4.69, 9.17) is 9.47 Å². The molecule has 0 aliphatic rings. The number of fused-ring (bicyclic) bond motifs is 1. The molecule has 2 heterocycles. The zero-order chi connectivity index (χ0) is 19.6. The van der Waals surface area contributed by atoms with E-state index >= 15 is 0 Å². The lowest BCUT2D eigenvalue weighted by molar-refractivity contribution is -0.384. The summed E-state index contributed by atoms with van der Waals surface area (Å²) in [6, 6.07) is 8.38. The number of carbonyl (C=O) groups is 1. The Balaban J connectivity index is 1.85. The average molecular weight is 369 g/mol. The summed E-state index contributed by atoms with van der Waals surface area (Å²) in [5, 5.41) is 10.9. The molecule has 0 fully saturated rings. The number of esters is 1. The van der Waals surface area contributed by atoms with Crippen LogP contribution in [0.25, 0.3) is 5.65 Å². The van der Waals surface area contributed by atoms with Crippen molar-refractivity contribution in [1.82, 2.24) is 9.38 Å². The van der Waals surface area contributed by atoms with Gasteiger partial charge in [0.05, 0.1) is 17.7 Å². The fourth-order valence-corrected chi connectivity index (χ4v) is 2.52. The molecule has 0 atom stereocenters. The molecule has 0 saturated carbocycles. The largest absolute Gasteiger partial charge is 0.496 e. The average Bonchev–Trinajstić information content (AvgIpc) is 2.66. The van der Waals surface area contributed by atoms with Crippen molar-refractivity contribution in [3.8, 4) is 5.75 Å². The molecule has 0 aliphatic carbocycles. The molecule has 1 aromatic carbocycles. The first kappa shape index (κ1) is 18.1. The lowest BCUT2D eigenvalue weighted by atomic mass is 10.2. The first-order valence-corrected chi connectivity index (χ1v) is 7.87. The van der Waals surface area contributed by atoms with Crippen LogP contribution in [0.5, 0.6) is 5.75 Å². The van der Waals surface area contributed by atoms with E-state index in [9.17, 15) is 19.7 Å². The van der Waals surface area contributed by atoms with Crippen LogP contribution >= 0.6 is 0 Å². The lowest BCUT2D eigenvalue weighted by Gasteiger charge is -2.09. The predicted molar refractivity (Wildman–Crippen MR) is 95.0 cm³/mol. The van der Waals surface area contributed by atoms with Crippen molar-refractivity contribution < 1.29 is 19.2 Å². The number of methoxy groups -OCH3 is 1. The monoisotopic (exact) mass is 369 g/mol. The zero-order valence-corrected chi connectivity index (χ0v) is 14.5. The Bertz CT molecular complexity index is 1110. The van der Waals surface area contributed by atoms with Crippen molar-refractivity contribution in [1.29, 1.82) is 0 Å². The van der Waals surface area contributed by atoms with E-state index in [0.29, 0.717) is 5.65 Å². The van der Waals surface area contributed by atoms with Gasteiger partial charge in [-0.3, -0.25) is 19.3 Å². The van der Waals surface area contributed by atoms with E-state index in [1.54, 1.807) is 12.3 Å². The number of hydrogen-bond acceptors (Lipinski definition) is 7. The second-order valence-corrected chi connectivity index (χ2v) is 5.74. The third-order valence-corrected chi connectivity index (χ3v) is 3.83.